The monoisotopic (exact) mass is 326 g/mol. The van der Waals surface area contributed by atoms with Crippen LogP contribution >= 0.6 is 0 Å². The molecule has 4 nitrogen and oxygen atoms in total. The van der Waals surface area contributed by atoms with Crippen molar-refractivity contribution in [2.24, 2.45) is 0 Å². The van der Waals surface area contributed by atoms with Crippen molar-refractivity contribution >= 4 is 0 Å². The van der Waals surface area contributed by atoms with Gasteiger partial charge < -0.3 is 19.7 Å². The van der Waals surface area contributed by atoms with E-state index in [0.29, 0.717) is 35.5 Å². The number of rotatable bonds is 7. The summed E-state index contributed by atoms with van der Waals surface area (Å²) >= 11 is 0. The minimum Gasteiger partial charge on any atom is -0.507 e. The van der Waals surface area contributed by atoms with E-state index in [9.17, 15) is 10.2 Å². The Kier molecular flexibility index (Phi) is 5.53. The zero-order valence-electron chi connectivity index (χ0n) is 14.0. The van der Waals surface area contributed by atoms with E-state index in [1.165, 1.54) is 0 Å². The van der Waals surface area contributed by atoms with Crippen LogP contribution in [0.1, 0.15) is 11.1 Å². The number of phenolic OH excluding ortho intramolecular Hbond substituents is 2. The van der Waals surface area contributed by atoms with Gasteiger partial charge in [0.05, 0.1) is 14.2 Å². The van der Waals surface area contributed by atoms with E-state index in [0.717, 1.165) is 11.1 Å². The Morgan fingerprint density at radius 2 is 1.17 bits per heavy atom. The second-order valence-electron chi connectivity index (χ2n) is 5.35. The highest BCUT2D eigenvalue weighted by Crippen LogP contribution is 2.42. The van der Waals surface area contributed by atoms with Crippen molar-refractivity contribution in [1.82, 2.24) is 0 Å². The normalized spacial score (nSPS) is 10.2. The standard InChI is InChI=1S/C20H22O4/c1-5-7-13-9-17(21)15(11-19(13)23-3)16-12-20(24-4)14(8-6-2)10-18(16)22/h5-6,9-12,21-22H,1-2,7-8H2,3-4H3. The van der Waals surface area contributed by atoms with Gasteiger partial charge in [0.15, 0.2) is 0 Å². The minimum absolute atomic E-state index is 0.0569. The fourth-order valence-corrected chi connectivity index (χ4v) is 2.66. The lowest BCUT2D eigenvalue weighted by atomic mass is 9.97. The van der Waals surface area contributed by atoms with Gasteiger partial charge in [0.2, 0.25) is 0 Å². The van der Waals surface area contributed by atoms with Crippen molar-refractivity contribution < 1.29 is 19.7 Å². The lowest BCUT2D eigenvalue weighted by Gasteiger charge is -2.15. The molecule has 24 heavy (non-hydrogen) atoms. The van der Waals surface area contributed by atoms with Gasteiger partial charge in [-0.25, -0.2) is 0 Å². The van der Waals surface area contributed by atoms with Crippen LogP contribution in [0.15, 0.2) is 49.6 Å². The van der Waals surface area contributed by atoms with Crippen LogP contribution in [0.2, 0.25) is 0 Å². The highest BCUT2D eigenvalue weighted by Gasteiger charge is 2.16. The van der Waals surface area contributed by atoms with E-state index in [1.54, 1.807) is 50.6 Å². The van der Waals surface area contributed by atoms with Gasteiger partial charge in [0.25, 0.3) is 0 Å². The SMILES string of the molecule is C=CCc1cc(O)c(-c2cc(OC)c(CC=C)cc2O)cc1OC. The maximum atomic E-state index is 10.4. The molecule has 0 aliphatic heterocycles. The fourth-order valence-electron chi connectivity index (χ4n) is 2.66. The van der Waals surface area contributed by atoms with E-state index in [2.05, 4.69) is 13.2 Å². The summed E-state index contributed by atoms with van der Waals surface area (Å²) in [6, 6.07) is 6.66. The number of hydrogen-bond acceptors (Lipinski definition) is 4. The summed E-state index contributed by atoms with van der Waals surface area (Å²) in [5, 5.41) is 20.8. The van der Waals surface area contributed by atoms with Gasteiger partial charge in [-0.15, -0.1) is 13.2 Å². The van der Waals surface area contributed by atoms with Crippen LogP contribution in [0, 0.1) is 0 Å². The first-order chi connectivity index (χ1) is 11.5. The van der Waals surface area contributed by atoms with Crippen molar-refractivity contribution in [2.45, 2.75) is 12.8 Å². The molecule has 0 amide bonds. The second kappa shape index (κ2) is 7.59. The minimum atomic E-state index is 0.0569. The molecule has 126 valence electrons. The molecule has 4 heteroatoms. The van der Waals surface area contributed by atoms with E-state index >= 15 is 0 Å². The zero-order valence-corrected chi connectivity index (χ0v) is 14.0. The Bertz CT molecular complexity index is 697. The maximum absolute atomic E-state index is 10.4. The third-order valence-electron chi connectivity index (χ3n) is 3.82. The highest BCUT2D eigenvalue weighted by atomic mass is 16.5. The highest BCUT2D eigenvalue weighted by molar-refractivity contribution is 5.79. The number of benzene rings is 2. The fraction of sp³-hybridized carbons (Fsp3) is 0.200. The maximum Gasteiger partial charge on any atom is 0.124 e. The Morgan fingerprint density at radius 3 is 1.46 bits per heavy atom. The summed E-state index contributed by atoms with van der Waals surface area (Å²) in [7, 11) is 3.13. The molecule has 0 spiro atoms. The molecular formula is C20H22O4. The summed E-state index contributed by atoms with van der Waals surface area (Å²) in [6.07, 6.45) is 4.62. The van der Waals surface area contributed by atoms with Gasteiger partial charge in [-0.3, -0.25) is 0 Å². The number of ether oxygens (including phenoxy) is 2. The largest absolute Gasteiger partial charge is 0.507 e. The number of phenols is 2. The van der Waals surface area contributed by atoms with Gasteiger partial charge in [0, 0.05) is 22.3 Å². The van der Waals surface area contributed by atoms with Crippen molar-refractivity contribution in [3.8, 4) is 34.1 Å². The predicted octanol–water partition coefficient (Wildman–Crippen LogP) is 4.24. The Morgan fingerprint density at radius 1 is 0.792 bits per heavy atom. The molecule has 0 aliphatic carbocycles. The number of methoxy groups -OCH3 is 2. The van der Waals surface area contributed by atoms with E-state index < -0.39 is 0 Å². The average Bonchev–Trinajstić information content (AvgIpc) is 2.56. The molecular weight excluding hydrogens is 304 g/mol. The first-order valence-electron chi connectivity index (χ1n) is 7.57. The van der Waals surface area contributed by atoms with Crippen molar-refractivity contribution in [3.63, 3.8) is 0 Å². The molecule has 2 aromatic rings. The van der Waals surface area contributed by atoms with Gasteiger partial charge >= 0.3 is 0 Å². The Labute approximate surface area is 142 Å². The molecule has 0 aliphatic rings. The molecule has 2 rings (SSSR count). The summed E-state index contributed by atoms with van der Waals surface area (Å²) < 4.78 is 10.8. The quantitative estimate of drug-likeness (QED) is 0.747. The van der Waals surface area contributed by atoms with E-state index in [-0.39, 0.29) is 11.5 Å². The predicted molar refractivity (Wildman–Crippen MR) is 96.1 cm³/mol. The Balaban J connectivity index is 2.63. The molecule has 0 bridgehead atoms. The second-order valence-corrected chi connectivity index (χ2v) is 5.35. The summed E-state index contributed by atoms with van der Waals surface area (Å²) in [5.41, 5.74) is 2.59. The van der Waals surface area contributed by atoms with Crippen molar-refractivity contribution in [2.75, 3.05) is 14.2 Å². The topological polar surface area (TPSA) is 58.9 Å². The average molecular weight is 326 g/mol. The van der Waals surface area contributed by atoms with Gasteiger partial charge in [0.1, 0.15) is 23.0 Å². The lowest BCUT2D eigenvalue weighted by molar-refractivity contribution is 0.406. The molecule has 0 heterocycles. The van der Waals surface area contributed by atoms with Crippen LogP contribution in [-0.4, -0.2) is 24.4 Å². The number of allylic oxidation sites excluding steroid dienone is 2. The van der Waals surface area contributed by atoms with Crippen LogP contribution in [0.5, 0.6) is 23.0 Å². The van der Waals surface area contributed by atoms with Crippen LogP contribution < -0.4 is 9.47 Å². The zero-order chi connectivity index (χ0) is 17.7. The molecule has 0 saturated heterocycles. The molecule has 0 aromatic heterocycles. The first kappa shape index (κ1) is 17.5. The molecule has 2 N–H and O–H groups in total. The number of hydrogen-bond donors (Lipinski definition) is 2. The molecule has 0 fully saturated rings. The van der Waals surface area contributed by atoms with Crippen LogP contribution in [0.3, 0.4) is 0 Å². The third kappa shape index (κ3) is 3.38. The van der Waals surface area contributed by atoms with Gasteiger partial charge in [-0.1, -0.05) is 12.2 Å². The molecule has 0 atom stereocenters. The third-order valence-corrected chi connectivity index (χ3v) is 3.82. The summed E-state index contributed by atoms with van der Waals surface area (Å²) in [6.45, 7) is 7.41. The lowest BCUT2D eigenvalue weighted by Crippen LogP contribution is -1.95. The van der Waals surface area contributed by atoms with Crippen LogP contribution in [0.4, 0.5) is 0 Å². The van der Waals surface area contributed by atoms with Crippen LogP contribution in [0.25, 0.3) is 11.1 Å². The molecule has 0 unspecified atom stereocenters. The van der Waals surface area contributed by atoms with Crippen molar-refractivity contribution in [3.05, 3.63) is 60.7 Å². The van der Waals surface area contributed by atoms with Crippen LogP contribution in [-0.2, 0) is 12.8 Å². The molecule has 0 saturated carbocycles. The molecule has 0 radical (unpaired) electrons. The first-order valence-corrected chi connectivity index (χ1v) is 7.57. The van der Waals surface area contributed by atoms with E-state index in [1.807, 2.05) is 0 Å². The summed E-state index contributed by atoms with van der Waals surface area (Å²) in [5.74, 6) is 1.36. The Hall–Kier alpha value is -2.88. The summed E-state index contributed by atoms with van der Waals surface area (Å²) in [4.78, 5) is 0. The number of aromatic hydroxyl groups is 2. The molecule has 2 aromatic carbocycles. The van der Waals surface area contributed by atoms with Gasteiger partial charge in [-0.05, 0) is 37.1 Å². The van der Waals surface area contributed by atoms with Crippen molar-refractivity contribution in [1.29, 1.82) is 0 Å². The smallest absolute Gasteiger partial charge is 0.124 e. The van der Waals surface area contributed by atoms with E-state index in [4.69, 9.17) is 9.47 Å². The van der Waals surface area contributed by atoms with Gasteiger partial charge in [-0.2, -0.15) is 0 Å².